The maximum Gasteiger partial charge on any atom is 0.247 e. The molecule has 0 aliphatic heterocycles. The third-order valence-corrected chi connectivity index (χ3v) is 6.64. The van der Waals surface area contributed by atoms with Crippen LogP contribution in [-0.2, 0) is 9.59 Å². The minimum atomic E-state index is -0.980. The van der Waals surface area contributed by atoms with Gasteiger partial charge in [0.2, 0.25) is 11.8 Å². The number of carbonyl (C=O) groups excluding carboxylic acids is 2. The number of nitrogens with one attached hydrogen (secondary N) is 1. The van der Waals surface area contributed by atoms with Crippen molar-refractivity contribution < 1.29 is 24.5 Å². The zero-order chi connectivity index (χ0) is 23.1. The average Bonchev–Trinajstić information content (AvgIpc) is 3.61. The van der Waals surface area contributed by atoms with Crippen molar-refractivity contribution in [2.45, 2.75) is 50.4 Å². The van der Waals surface area contributed by atoms with Crippen LogP contribution in [0.5, 0.6) is 5.75 Å². The molecule has 0 radical (unpaired) electrons. The maximum atomic E-state index is 13.0. The summed E-state index contributed by atoms with van der Waals surface area (Å²) in [5, 5.41) is 23.0. The zero-order valence-electron chi connectivity index (χ0n) is 18.1. The number of aliphatic hydroxyl groups excluding tert-OH is 2. The van der Waals surface area contributed by atoms with Crippen LogP contribution in [0.15, 0.2) is 48.6 Å². The Labute approximate surface area is 202 Å². The molecule has 1 fully saturated rings. The van der Waals surface area contributed by atoms with Gasteiger partial charge in [-0.1, -0.05) is 18.2 Å². The number of benzene rings is 1. The van der Waals surface area contributed by atoms with E-state index in [2.05, 4.69) is 34.5 Å². The Morgan fingerprint density at radius 3 is 2.72 bits per heavy atom. The largest absolute Gasteiger partial charge is 0.482 e. The first-order valence-corrected chi connectivity index (χ1v) is 12.1. The number of para-hydroxylation sites is 1. The molecule has 3 rings (SSSR count). The van der Waals surface area contributed by atoms with Crippen molar-refractivity contribution in [3.8, 4) is 5.75 Å². The predicted molar refractivity (Wildman–Crippen MR) is 130 cm³/mol. The fourth-order valence-electron chi connectivity index (χ4n) is 3.84. The Balaban J connectivity index is 1.89. The lowest BCUT2D eigenvalue weighted by atomic mass is 9.87. The van der Waals surface area contributed by atoms with Gasteiger partial charge in [-0.15, -0.1) is 6.58 Å². The standard InChI is InChI=1S/C24H31IN2O5/c1-2-3-8-22(29)27(15-16-9-10-16)19-13-17(24(31)26-11-12-28)14-21(23(19)30)32-20-7-5-4-6-18(20)25/h2,4-7,14,16,19,21,23,28,30H,1,3,8-13,15H2,(H,26,31). The van der Waals surface area contributed by atoms with Crippen LogP contribution < -0.4 is 10.1 Å². The molecule has 3 atom stereocenters. The third-order valence-electron chi connectivity index (χ3n) is 5.75. The van der Waals surface area contributed by atoms with Gasteiger partial charge < -0.3 is 25.2 Å². The number of rotatable bonds is 11. The van der Waals surface area contributed by atoms with E-state index in [4.69, 9.17) is 9.84 Å². The maximum absolute atomic E-state index is 13.0. The number of hydrogen-bond donors (Lipinski definition) is 3. The van der Waals surface area contributed by atoms with Crippen molar-refractivity contribution in [3.63, 3.8) is 0 Å². The molecule has 2 amide bonds. The first-order valence-electron chi connectivity index (χ1n) is 11.0. The molecule has 174 valence electrons. The van der Waals surface area contributed by atoms with E-state index in [1.807, 2.05) is 24.3 Å². The summed E-state index contributed by atoms with van der Waals surface area (Å²) in [7, 11) is 0. The highest BCUT2D eigenvalue weighted by molar-refractivity contribution is 14.1. The second-order valence-corrected chi connectivity index (χ2v) is 9.43. The van der Waals surface area contributed by atoms with Crippen molar-refractivity contribution in [1.29, 1.82) is 0 Å². The van der Waals surface area contributed by atoms with Gasteiger partial charge in [0.25, 0.3) is 0 Å². The molecule has 32 heavy (non-hydrogen) atoms. The molecule has 0 spiro atoms. The lowest BCUT2D eigenvalue weighted by Gasteiger charge is -2.40. The van der Waals surface area contributed by atoms with Crippen molar-refractivity contribution in [2.24, 2.45) is 5.92 Å². The molecule has 8 heteroatoms. The lowest BCUT2D eigenvalue weighted by molar-refractivity contribution is -0.138. The monoisotopic (exact) mass is 554 g/mol. The molecule has 2 aliphatic carbocycles. The fraction of sp³-hybridized carbons (Fsp3) is 0.500. The molecule has 3 N–H and O–H groups in total. The molecular formula is C24H31IN2O5. The predicted octanol–water partition coefficient (Wildman–Crippen LogP) is 2.41. The first-order chi connectivity index (χ1) is 15.4. The fourth-order valence-corrected chi connectivity index (χ4v) is 4.35. The second kappa shape index (κ2) is 11.8. The Kier molecular flexibility index (Phi) is 9.12. The summed E-state index contributed by atoms with van der Waals surface area (Å²) >= 11 is 2.16. The highest BCUT2D eigenvalue weighted by atomic mass is 127. The van der Waals surface area contributed by atoms with Gasteiger partial charge in [0.1, 0.15) is 18.0 Å². The number of amides is 2. The van der Waals surface area contributed by atoms with Crippen LogP contribution in [0.25, 0.3) is 0 Å². The molecule has 0 bridgehead atoms. The number of ether oxygens (including phenoxy) is 1. The normalized spacial score (nSPS) is 22.6. The highest BCUT2D eigenvalue weighted by Gasteiger charge is 2.42. The summed E-state index contributed by atoms with van der Waals surface area (Å²) in [6.07, 6.45) is 4.83. The molecule has 7 nitrogen and oxygen atoms in total. The highest BCUT2D eigenvalue weighted by Crippen LogP contribution is 2.34. The molecule has 3 unspecified atom stereocenters. The van der Waals surface area contributed by atoms with Gasteiger partial charge in [0.05, 0.1) is 16.2 Å². The summed E-state index contributed by atoms with van der Waals surface area (Å²) in [5.41, 5.74) is 0.446. The van der Waals surface area contributed by atoms with Crippen LogP contribution in [0, 0.1) is 9.49 Å². The van der Waals surface area contributed by atoms with E-state index in [1.165, 1.54) is 0 Å². The van der Waals surface area contributed by atoms with Crippen LogP contribution in [0.2, 0.25) is 0 Å². The van der Waals surface area contributed by atoms with Crippen LogP contribution in [-0.4, -0.2) is 64.9 Å². The number of nitrogens with zero attached hydrogens (tertiary/aromatic N) is 1. The number of halogens is 1. The van der Waals surface area contributed by atoms with Crippen LogP contribution in [0.1, 0.15) is 32.1 Å². The van der Waals surface area contributed by atoms with Gasteiger partial charge >= 0.3 is 0 Å². The van der Waals surface area contributed by atoms with Gasteiger partial charge in [-0.3, -0.25) is 9.59 Å². The van der Waals surface area contributed by atoms with E-state index in [0.717, 1.165) is 16.4 Å². The van der Waals surface area contributed by atoms with Crippen LogP contribution in [0.3, 0.4) is 0 Å². The second-order valence-electron chi connectivity index (χ2n) is 8.26. The summed E-state index contributed by atoms with van der Waals surface area (Å²) in [5.74, 6) is 0.668. The van der Waals surface area contributed by atoms with E-state index in [-0.39, 0.29) is 31.4 Å². The summed E-state index contributed by atoms with van der Waals surface area (Å²) in [4.78, 5) is 27.5. The van der Waals surface area contributed by atoms with Gasteiger partial charge in [-0.05, 0) is 66.0 Å². The summed E-state index contributed by atoms with van der Waals surface area (Å²) in [6.45, 7) is 4.24. The molecule has 0 aromatic heterocycles. The average molecular weight is 554 g/mol. The molecule has 0 heterocycles. The minimum Gasteiger partial charge on any atom is -0.482 e. The quantitative estimate of drug-likeness (QED) is 0.289. The lowest BCUT2D eigenvalue weighted by Crippen LogP contribution is -2.55. The Bertz CT molecular complexity index is 855. The van der Waals surface area contributed by atoms with Crippen LogP contribution >= 0.6 is 22.6 Å². The smallest absolute Gasteiger partial charge is 0.247 e. The van der Waals surface area contributed by atoms with E-state index in [0.29, 0.717) is 36.6 Å². The number of hydrogen-bond acceptors (Lipinski definition) is 5. The van der Waals surface area contributed by atoms with E-state index in [1.54, 1.807) is 17.1 Å². The van der Waals surface area contributed by atoms with E-state index in [9.17, 15) is 14.7 Å². The van der Waals surface area contributed by atoms with E-state index < -0.39 is 18.2 Å². The summed E-state index contributed by atoms with van der Waals surface area (Å²) < 4.78 is 7.01. The number of aliphatic hydroxyl groups is 2. The van der Waals surface area contributed by atoms with Crippen molar-refractivity contribution in [1.82, 2.24) is 10.2 Å². The topological polar surface area (TPSA) is 99.1 Å². The Morgan fingerprint density at radius 1 is 1.31 bits per heavy atom. The SMILES string of the molecule is C=CCCC(=O)N(CC1CC1)C1CC(C(=O)NCCO)=CC(Oc2ccccc2I)C1O. The first kappa shape index (κ1) is 24.7. The zero-order valence-corrected chi connectivity index (χ0v) is 20.2. The van der Waals surface area contributed by atoms with Crippen molar-refractivity contribution >= 4 is 34.4 Å². The summed E-state index contributed by atoms with van der Waals surface area (Å²) in [6, 6.07) is 6.89. The van der Waals surface area contributed by atoms with E-state index >= 15 is 0 Å². The van der Waals surface area contributed by atoms with Crippen molar-refractivity contribution in [2.75, 3.05) is 19.7 Å². The molecule has 1 aromatic rings. The number of carbonyl (C=O) groups is 2. The van der Waals surface area contributed by atoms with Gasteiger partial charge in [0, 0.05) is 31.5 Å². The van der Waals surface area contributed by atoms with Gasteiger partial charge in [0.15, 0.2) is 0 Å². The molecule has 0 saturated heterocycles. The van der Waals surface area contributed by atoms with Gasteiger partial charge in [-0.2, -0.15) is 0 Å². The van der Waals surface area contributed by atoms with Gasteiger partial charge in [-0.25, -0.2) is 0 Å². The molecular weight excluding hydrogens is 523 g/mol. The molecule has 1 aromatic carbocycles. The Morgan fingerprint density at radius 2 is 2.06 bits per heavy atom. The molecule has 1 saturated carbocycles. The number of allylic oxidation sites excluding steroid dienone is 1. The Hall–Kier alpha value is -1.91. The molecule has 2 aliphatic rings. The van der Waals surface area contributed by atoms with Crippen LogP contribution in [0.4, 0.5) is 0 Å². The minimum absolute atomic E-state index is 0.0501. The van der Waals surface area contributed by atoms with Crippen molar-refractivity contribution in [3.05, 3.63) is 52.1 Å². The third kappa shape index (κ3) is 6.55.